The molecule has 5 rings (SSSR count). The minimum Gasteiger partial charge on any atom is -0.755 e. The van der Waals surface area contributed by atoms with Crippen LogP contribution in [0.15, 0.2) is 36.5 Å². The normalized spacial score (nSPS) is 16.5. The van der Waals surface area contributed by atoms with E-state index in [0.717, 1.165) is 65.8 Å². The quantitative estimate of drug-likeness (QED) is 0.492. The summed E-state index contributed by atoms with van der Waals surface area (Å²) in [6, 6.07) is 8.75. The predicted molar refractivity (Wildman–Crippen MR) is 122 cm³/mol. The van der Waals surface area contributed by atoms with Gasteiger partial charge < -0.3 is 23.6 Å². The third-order valence-corrected chi connectivity index (χ3v) is 6.48. The van der Waals surface area contributed by atoms with Gasteiger partial charge in [-0.25, -0.2) is 9.37 Å². The second kappa shape index (κ2) is 7.74. The third-order valence-electron chi connectivity index (χ3n) is 6.07. The number of rotatable bonds is 4. The van der Waals surface area contributed by atoms with Gasteiger partial charge in [0.2, 0.25) is 0 Å². The van der Waals surface area contributed by atoms with Gasteiger partial charge in [0.15, 0.2) is 0 Å². The molecular weight excluding hydrogens is 417 g/mol. The number of pyridine rings is 1. The van der Waals surface area contributed by atoms with E-state index in [-0.39, 0.29) is 5.82 Å². The number of fused-ring (bicyclic) bond motifs is 5. The monoisotopic (exact) mass is 440 g/mol. The third kappa shape index (κ3) is 3.52. The van der Waals surface area contributed by atoms with E-state index in [2.05, 4.69) is 33.1 Å². The van der Waals surface area contributed by atoms with Crippen LogP contribution in [0.4, 0.5) is 15.8 Å². The van der Waals surface area contributed by atoms with Gasteiger partial charge in [0, 0.05) is 72.2 Å². The summed E-state index contributed by atoms with van der Waals surface area (Å²) < 4.78 is 41.8. The molecule has 0 aromatic heterocycles. The molecule has 1 N–H and O–H groups in total. The average Bonchev–Trinajstić information content (AvgIpc) is 3.11. The first kappa shape index (κ1) is 20.2. The largest absolute Gasteiger partial charge is 0.755 e. The molecule has 0 saturated carbocycles. The Balaban J connectivity index is 1.70. The number of hydrogen-bond acceptors (Lipinski definition) is 5. The fourth-order valence-electron chi connectivity index (χ4n) is 4.41. The van der Waals surface area contributed by atoms with Crippen molar-refractivity contribution in [1.29, 1.82) is 0 Å². The van der Waals surface area contributed by atoms with Gasteiger partial charge in [0.05, 0.1) is 22.4 Å². The topological polar surface area (TPSA) is 76.5 Å². The van der Waals surface area contributed by atoms with Crippen LogP contribution in [0.3, 0.4) is 0 Å². The van der Waals surface area contributed by atoms with E-state index >= 15 is 4.39 Å². The average molecular weight is 441 g/mol. The zero-order valence-corrected chi connectivity index (χ0v) is 18.2. The van der Waals surface area contributed by atoms with E-state index in [1.54, 1.807) is 24.3 Å². The van der Waals surface area contributed by atoms with Crippen LogP contribution in [-0.4, -0.2) is 56.4 Å². The maximum atomic E-state index is 15.3. The molecule has 31 heavy (non-hydrogen) atoms. The van der Waals surface area contributed by atoms with Crippen molar-refractivity contribution in [1.82, 2.24) is 14.5 Å². The van der Waals surface area contributed by atoms with Crippen molar-refractivity contribution >= 4 is 44.4 Å². The minimum absolute atomic E-state index is 0.247. The van der Waals surface area contributed by atoms with Crippen molar-refractivity contribution in [3.05, 3.63) is 42.3 Å². The Morgan fingerprint density at radius 2 is 1.94 bits per heavy atom. The lowest BCUT2D eigenvalue weighted by molar-refractivity contribution is 0.312. The highest BCUT2D eigenvalue weighted by molar-refractivity contribution is 7.80. The number of anilines is 2. The van der Waals surface area contributed by atoms with Gasteiger partial charge >= 0.3 is 0 Å². The molecule has 1 unspecified atom stereocenters. The molecule has 2 aromatic rings. The Bertz CT molecular complexity index is 1280. The van der Waals surface area contributed by atoms with E-state index in [0.29, 0.717) is 11.4 Å². The Morgan fingerprint density at radius 3 is 2.65 bits per heavy atom. The van der Waals surface area contributed by atoms with Crippen LogP contribution in [0.5, 0.6) is 0 Å². The van der Waals surface area contributed by atoms with E-state index < -0.39 is 11.3 Å². The fraction of sp³-hybridized carbons (Fsp3) is 0.318. The second-order valence-corrected chi connectivity index (χ2v) is 8.64. The first-order valence-electron chi connectivity index (χ1n) is 10.3. The highest BCUT2D eigenvalue weighted by atomic mass is 32.2. The highest BCUT2D eigenvalue weighted by Gasteiger charge is 2.22. The molecule has 0 bridgehead atoms. The van der Waals surface area contributed by atoms with Crippen molar-refractivity contribution in [2.45, 2.75) is 13.5 Å². The summed E-state index contributed by atoms with van der Waals surface area (Å²) in [5, 5.41) is 1.59. The Morgan fingerprint density at radius 1 is 1.16 bits per heavy atom. The molecule has 0 aliphatic carbocycles. The number of halogens is 1. The van der Waals surface area contributed by atoms with Gasteiger partial charge in [-0.15, -0.1) is 0 Å². The van der Waals surface area contributed by atoms with Crippen molar-refractivity contribution in [3.63, 3.8) is 0 Å². The lowest BCUT2D eigenvalue weighted by Crippen LogP contribution is -2.44. The summed E-state index contributed by atoms with van der Waals surface area (Å²) in [5.41, 5.74) is 4.37. The number of benzene rings is 2. The molecule has 162 valence electrons. The standard InChI is InChI=1S/C22H24FN5O2S/c1-3-27-13-17-15-10-14(25-31(29)30)4-5-19(15)24-22(17)16-11-18(23)21(12-20(16)27)28-8-6-26(2)7-9-28/h4-5,10-13,25H,3,6-9H2,1-2H3,(H,29,30)/p-1. The molecule has 2 aromatic carbocycles. The highest BCUT2D eigenvalue weighted by Crippen LogP contribution is 2.39. The van der Waals surface area contributed by atoms with Gasteiger partial charge in [0.25, 0.3) is 0 Å². The van der Waals surface area contributed by atoms with Crippen LogP contribution in [0.25, 0.3) is 33.1 Å². The van der Waals surface area contributed by atoms with Gasteiger partial charge in [-0.2, -0.15) is 0 Å². The summed E-state index contributed by atoms with van der Waals surface area (Å²) in [6.07, 6.45) is 2.02. The summed E-state index contributed by atoms with van der Waals surface area (Å²) in [7, 11) is 2.08. The van der Waals surface area contributed by atoms with Crippen LogP contribution < -0.4 is 9.62 Å². The molecule has 0 radical (unpaired) electrons. The minimum atomic E-state index is -2.40. The van der Waals surface area contributed by atoms with Crippen molar-refractivity contribution in [3.8, 4) is 11.3 Å². The SMILES string of the molecule is CCn1cc2c3cc(NS(=O)[O-])ccc3nc-2c2cc(F)c(N3CCN(C)CC3)cc21. The summed E-state index contributed by atoms with van der Waals surface area (Å²) in [5.74, 6) is -0.247. The molecule has 0 amide bonds. The van der Waals surface area contributed by atoms with Crippen LogP contribution >= 0.6 is 0 Å². The zero-order valence-electron chi connectivity index (χ0n) is 17.4. The predicted octanol–water partition coefficient (Wildman–Crippen LogP) is 3.41. The summed E-state index contributed by atoms with van der Waals surface area (Å²) >= 11 is -2.40. The molecule has 3 heterocycles. The van der Waals surface area contributed by atoms with Gasteiger partial charge in [-0.3, -0.25) is 4.21 Å². The first-order valence-corrected chi connectivity index (χ1v) is 11.4. The number of nitrogens with zero attached hydrogens (tertiary/aromatic N) is 4. The van der Waals surface area contributed by atoms with Gasteiger partial charge in [-0.1, -0.05) is 0 Å². The molecule has 1 atom stereocenters. The van der Waals surface area contributed by atoms with Crippen molar-refractivity contribution in [2.24, 2.45) is 0 Å². The van der Waals surface area contributed by atoms with Crippen LogP contribution in [-0.2, 0) is 17.8 Å². The van der Waals surface area contributed by atoms with E-state index in [1.807, 2.05) is 12.3 Å². The molecule has 3 aliphatic heterocycles. The molecular formula is C22H23FN5O2S-. The molecule has 7 nitrogen and oxygen atoms in total. The molecule has 3 aliphatic rings. The second-order valence-electron chi connectivity index (χ2n) is 7.97. The van der Waals surface area contributed by atoms with Crippen molar-refractivity contribution in [2.75, 3.05) is 42.8 Å². The number of hydrogen-bond donors (Lipinski definition) is 1. The van der Waals surface area contributed by atoms with Gasteiger partial charge in [-0.05, 0) is 44.3 Å². The molecule has 1 fully saturated rings. The number of piperazine rings is 1. The maximum absolute atomic E-state index is 15.3. The number of likely N-dealkylation sites (N-methyl/N-ethyl adjacent to an activating group) is 1. The van der Waals surface area contributed by atoms with Gasteiger partial charge in [0.1, 0.15) is 5.82 Å². The Labute approximate surface area is 182 Å². The number of aryl methyl sites for hydroxylation is 1. The van der Waals surface area contributed by atoms with Crippen molar-refractivity contribution < 1.29 is 13.2 Å². The lowest BCUT2D eigenvalue weighted by Gasteiger charge is -2.34. The fourth-order valence-corrected chi connectivity index (χ4v) is 4.73. The lowest BCUT2D eigenvalue weighted by atomic mass is 10.0. The van der Waals surface area contributed by atoms with Crippen LogP contribution in [0.1, 0.15) is 6.92 Å². The summed E-state index contributed by atoms with van der Waals surface area (Å²) in [6.45, 7) is 6.17. The Kier molecular flexibility index (Phi) is 5.04. The Hall–Kier alpha value is -2.75. The molecule has 9 heteroatoms. The van der Waals surface area contributed by atoms with E-state index in [1.165, 1.54) is 0 Å². The van der Waals surface area contributed by atoms with Crippen LogP contribution in [0, 0.1) is 5.82 Å². The number of aromatic nitrogens is 2. The smallest absolute Gasteiger partial charge is 0.147 e. The molecule has 1 saturated heterocycles. The van der Waals surface area contributed by atoms with E-state index in [4.69, 9.17) is 4.98 Å². The maximum Gasteiger partial charge on any atom is 0.147 e. The first-order chi connectivity index (χ1) is 14.9. The zero-order chi connectivity index (χ0) is 21.7. The van der Waals surface area contributed by atoms with E-state index in [9.17, 15) is 8.76 Å². The summed E-state index contributed by atoms with van der Waals surface area (Å²) in [4.78, 5) is 9.10. The number of nitrogens with one attached hydrogen (secondary N) is 1. The van der Waals surface area contributed by atoms with Crippen LogP contribution in [0.2, 0.25) is 0 Å². The molecule has 0 spiro atoms.